The second kappa shape index (κ2) is 12.9. The summed E-state index contributed by atoms with van der Waals surface area (Å²) >= 11 is 0. The zero-order chi connectivity index (χ0) is 22.5. The summed E-state index contributed by atoms with van der Waals surface area (Å²) in [6, 6.07) is 10.1. The van der Waals surface area contributed by atoms with Crippen molar-refractivity contribution in [2.45, 2.75) is 13.8 Å². The molecule has 2 heterocycles. The molecule has 0 amide bonds. The Morgan fingerprint density at radius 1 is 1.00 bits per heavy atom. The van der Waals surface area contributed by atoms with E-state index in [2.05, 4.69) is 37.5 Å². The fraction of sp³-hybridized carbons (Fsp3) is 0.292. The maximum atomic E-state index is 8.00. The summed E-state index contributed by atoms with van der Waals surface area (Å²) in [5.74, 6) is 1.47. The molecule has 162 valence electrons. The van der Waals surface area contributed by atoms with E-state index in [4.69, 9.17) is 14.3 Å². The number of aromatic nitrogens is 2. The molecule has 0 radical (unpaired) electrons. The number of hydrogen-bond acceptors (Lipinski definition) is 4. The van der Waals surface area contributed by atoms with Crippen molar-refractivity contribution in [1.29, 1.82) is 0 Å². The van der Waals surface area contributed by atoms with Gasteiger partial charge in [0, 0.05) is 38.6 Å². The van der Waals surface area contributed by atoms with Gasteiger partial charge in [-0.15, -0.1) is 0 Å². The molecule has 1 aromatic carbocycles. The van der Waals surface area contributed by atoms with Gasteiger partial charge in [0.25, 0.3) is 0 Å². The van der Waals surface area contributed by atoms with Crippen molar-refractivity contribution in [3.8, 4) is 22.6 Å². The van der Waals surface area contributed by atoms with Crippen molar-refractivity contribution in [2.24, 2.45) is 14.1 Å². The van der Waals surface area contributed by atoms with Gasteiger partial charge in [-0.05, 0) is 55.4 Å². The van der Waals surface area contributed by atoms with E-state index >= 15 is 0 Å². The van der Waals surface area contributed by atoms with Crippen LogP contribution in [0.25, 0.3) is 11.1 Å². The minimum atomic E-state index is 0.734. The third-order valence-corrected chi connectivity index (χ3v) is 4.56. The smallest absolute Gasteiger partial charge is 0.161 e. The van der Waals surface area contributed by atoms with Crippen LogP contribution in [0.1, 0.15) is 12.5 Å². The molecule has 0 saturated heterocycles. The van der Waals surface area contributed by atoms with Crippen molar-refractivity contribution in [3.05, 3.63) is 72.2 Å². The fourth-order valence-electron chi connectivity index (χ4n) is 2.75. The number of nitrogens with zero attached hydrogens (tertiary/aromatic N) is 2. The number of rotatable bonds is 3. The first kappa shape index (κ1) is 24.6. The van der Waals surface area contributed by atoms with Crippen molar-refractivity contribution in [2.75, 3.05) is 20.8 Å². The van der Waals surface area contributed by atoms with Crippen LogP contribution in [0.15, 0.2) is 66.7 Å². The zero-order valence-electron chi connectivity index (χ0n) is 18.8. The average molecular weight is 412 g/mol. The number of benzene rings is 1. The van der Waals surface area contributed by atoms with Gasteiger partial charge in [0.05, 0.1) is 14.2 Å². The molecule has 6 nitrogen and oxygen atoms in total. The summed E-state index contributed by atoms with van der Waals surface area (Å²) < 4.78 is 14.8. The van der Waals surface area contributed by atoms with Gasteiger partial charge in [0.2, 0.25) is 0 Å². The molecule has 1 aromatic heterocycles. The Morgan fingerprint density at radius 3 is 2.23 bits per heavy atom. The summed E-state index contributed by atoms with van der Waals surface area (Å²) in [6.07, 6.45) is 10.2. The molecule has 3 rings (SSSR count). The zero-order valence-corrected chi connectivity index (χ0v) is 18.8. The highest BCUT2D eigenvalue weighted by atomic mass is 16.5. The molecule has 0 saturated carbocycles. The van der Waals surface area contributed by atoms with Gasteiger partial charge in [-0.2, -0.15) is 0 Å². The Morgan fingerprint density at radius 2 is 1.70 bits per heavy atom. The first-order valence-electron chi connectivity index (χ1n) is 9.56. The lowest BCUT2D eigenvalue weighted by molar-refractivity contribution is -0.0979. The Labute approximate surface area is 179 Å². The van der Waals surface area contributed by atoms with E-state index in [0.29, 0.717) is 0 Å². The second-order valence-electron chi connectivity index (χ2n) is 6.70. The van der Waals surface area contributed by atoms with Gasteiger partial charge < -0.3 is 19.6 Å². The largest absolute Gasteiger partial charge is 0.493 e. The summed E-state index contributed by atoms with van der Waals surface area (Å²) in [5.41, 5.74) is 4.83. The van der Waals surface area contributed by atoms with Gasteiger partial charge in [0.1, 0.15) is 6.79 Å². The Hall–Kier alpha value is -3.41. The van der Waals surface area contributed by atoms with Crippen LogP contribution in [0, 0.1) is 6.92 Å². The number of methoxy groups -OCH3 is 2. The van der Waals surface area contributed by atoms with Crippen LogP contribution in [-0.4, -0.2) is 36.9 Å². The van der Waals surface area contributed by atoms with E-state index in [1.165, 1.54) is 11.1 Å². The lowest BCUT2D eigenvalue weighted by Gasteiger charge is -2.13. The van der Waals surface area contributed by atoms with E-state index in [-0.39, 0.29) is 0 Å². The Kier molecular flexibility index (Phi) is 10.6. The average Bonchev–Trinajstić information content (AvgIpc) is 2.78. The fourth-order valence-corrected chi connectivity index (χ4v) is 2.75. The quantitative estimate of drug-likeness (QED) is 0.816. The molecule has 0 aliphatic carbocycles. The maximum absolute atomic E-state index is 8.00. The van der Waals surface area contributed by atoms with Crippen LogP contribution >= 0.6 is 0 Å². The van der Waals surface area contributed by atoms with E-state index < -0.39 is 0 Å². The molecule has 0 atom stereocenters. The van der Waals surface area contributed by atoms with E-state index in [0.717, 1.165) is 29.2 Å². The molecule has 0 fully saturated rings. The highest BCUT2D eigenvalue weighted by Crippen LogP contribution is 2.32. The van der Waals surface area contributed by atoms with E-state index in [1.807, 2.05) is 73.0 Å². The molecule has 0 bridgehead atoms. The number of carbonyl (C=O) groups excluding carboxylic acids is 1. The van der Waals surface area contributed by atoms with E-state index in [1.54, 1.807) is 14.2 Å². The van der Waals surface area contributed by atoms with Crippen molar-refractivity contribution >= 4 is 6.79 Å². The predicted octanol–water partition coefficient (Wildman–Crippen LogP) is 4.35. The monoisotopic (exact) mass is 411 g/mol. The minimum Gasteiger partial charge on any atom is -0.493 e. The topological polar surface area (TPSA) is 57.4 Å². The van der Waals surface area contributed by atoms with Crippen molar-refractivity contribution < 1.29 is 14.3 Å². The lowest BCUT2D eigenvalue weighted by atomic mass is 10.0. The molecular weight excluding hydrogens is 378 g/mol. The molecular formula is C24H33N3O3. The Balaban J connectivity index is 0.000000418. The molecule has 30 heavy (non-hydrogen) atoms. The third kappa shape index (κ3) is 7.20. The number of allylic oxidation sites excluding steroid dienone is 2. The standard InChI is InChI=1S/C17H22N2O2.C6H9N.CH2O/c1-13-7-6-10-18(2)19(3)12-15(13)14-8-9-16(20-4)17(11-14)21-5;1-6-3-2-4-7-5-6;1-2/h6-12H,1-5H3;2-4,7H,5H2,1H3;1H2. The second-order valence-corrected chi connectivity index (χ2v) is 6.70. The minimum absolute atomic E-state index is 0.734. The summed E-state index contributed by atoms with van der Waals surface area (Å²) in [6.45, 7) is 7.22. The summed E-state index contributed by atoms with van der Waals surface area (Å²) in [4.78, 5) is 8.00. The lowest BCUT2D eigenvalue weighted by Crippen LogP contribution is -2.10. The van der Waals surface area contributed by atoms with Crippen LogP contribution in [0.3, 0.4) is 0 Å². The van der Waals surface area contributed by atoms with Crippen LogP contribution in [0.5, 0.6) is 11.5 Å². The molecule has 1 aliphatic heterocycles. The van der Waals surface area contributed by atoms with Crippen LogP contribution in [-0.2, 0) is 18.9 Å². The molecule has 1 N–H and O–H groups in total. The Bertz CT molecular complexity index is 922. The third-order valence-electron chi connectivity index (χ3n) is 4.56. The maximum Gasteiger partial charge on any atom is 0.161 e. The van der Waals surface area contributed by atoms with Crippen molar-refractivity contribution in [3.63, 3.8) is 0 Å². The highest BCUT2D eigenvalue weighted by molar-refractivity contribution is 5.69. The molecule has 0 unspecified atom stereocenters. The number of ether oxygens (including phenoxy) is 2. The number of dihydropyridines is 1. The molecule has 6 heteroatoms. The van der Waals surface area contributed by atoms with Gasteiger partial charge in [-0.3, -0.25) is 9.36 Å². The SMILES string of the molecule is C=O.CC1=CC=CNC1.COc1ccc(-c2cn(C)n(C)cccc2C)cc1OC. The number of hydrogen-bond donors (Lipinski definition) is 1. The molecule has 1 aliphatic rings. The summed E-state index contributed by atoms with van der Waals surface area (Å²) in [7, 11) is 7.32. The van der Waals surface area contributed by atoms with Crippen molar-refractivity contribution in [1.82, 2.24) is 14.7 Å². The van der Waals surface area contributed by atoms with Gasteiger partial charge in [-0.25, -0.2) is 0 Å². The number of aryl methyl sites for hydroxylation is 3. The van der Waals surface area contributed by atoms with Crippen LogP contribution in [0.4, 0.5) is 0 Å². The first-order valence-corrected chi connectivity index (χ1v) is 9.56. The van der Waals surface area contributed by atoms with Crippen LogP contribution < -0.4 is 14.8 Å². The summed E-state index contributed by atoms with van der Waals surface area (Å²) in [5, 5.41) is 3.09. The molecule has 2 aromatic rings. The van der Waals surface area contributed by atoms with Gasteiger partial charge in [-0.1, -0.05) is 23.8 Å². The first-order chi connectivity index (χ1) is 14.5. The normalized spacial score (nSPS) is 11.5. The van der Waals surface area contributed by atoms with Crippen LogP contribution in [0.2, 0.25) is 0 Å². The number of carbonyl (C=O) groups is 1. The predicted molar refractivity (Wildman–Crippen MR) is 123 cm³/mol. The number of nitrogens with one attached hydrogen (secondary N) is 1. The van der Waals surface area contributed by atoms with Gasteiger partial charge in [0.15, 0.2) is 11.5 Å². The molecule has 0 spiro atoms. The van der Waals surface area contributed by atoms with E-state index in [9.17, 15) is 0 Å². The highest BCUT2D eigenvalue weighted by Gasteiger charge is 2.07. The van der Waals surface area contributed by atoms with Gasteiger partial charge >= 0.3 is 0 Å².